The van der Waals surface area contributed by atoms with Gasteiger partial charge in [0.25, 0.3) is 5.91 Å². The molecule has 0 spiro atoms. The smallest absolute Gasteiger partial charge is 0.316 e. The lowest BCUT2D eigenvalue weighted by atomic mass is 10.1. The first-order chi connectivity index (χ1) is 13.5. The number of thiophene rings is 1. The van der Waals surface area contributed by atoms with Gasteiger partial charge in [-0.05, 0) is 49.2 Å². The molecule has 0 saturated carbocycles. The van der Waals surface area contributed by atoms with E-state index < -0.39 is 6.03 Å². The second-order valence-corrected chi connectivity index (χ2v) is 7.48. The molecule has 0 radical (unpaired) electrons. The zero-order valence-corrected chi connectivity index (χ0v) is 16.7. The number of ether oxygens (including phenoxy) is 2. The normalized spacial score (nSPS) is 16.3. The number of hydrogen-bond acceptors (Lipinski definition) is 6. The van der Waals surface area contributed by atoms with Crippen LogP contribution in [0, 0.1) is 0 Å². The van der Waals surface area contributed by atoms with Crippen LogP contribution in [0.3, 0.4) is 0 Å². The summed E-state index contributed by atoms with van der Waals surface area (Å²) < 4.78 is 10.6. The van der Waals surface area contributed by atoms with Gasteiger partial charge in [-0.25, -0.2) is 4.79 Å². The van der Waals surface area contributed by atoms with Gasteiger partial charge in [0.15, 0.2) is 11.5 Å². The van der Waals surface area contributed by atoms with Crippen molar-refractivity contribution in [2.24, 2.45) is 5.73 Å². The first kappa shape index (κ1) is 20.0. The molecule has 9 heteroatoms. The van der Waals surface area contributed by atoms with Gasteiger partial charge in [0, 0.05) is 17.5 Å². The third-order valence-electron chi connectivity index (χ3n) is 4.50. The molecule has 8 nitrogen and oxygen atoms in total. The fraction of sp³-hybridized carbons (Fsp3) is 0.368. The second kappa shape index (κ2) is 8.94. The SMILES string of the molecule is COc1ccc(-c2cc(NC(N)=O)c(C(=O)N[C@H]3CCCNC3)s2)cc1OC. The third kappa shape index (κ3) is 4.55. The molecular weight excluding hydrogens is 380 g/mol. The van der Waals surface area contributed by atoms with Crippen molar-refractivity contribution in [3.05, 3.63) is 29.1 Å². The number of primary amides is 1. The summed E-state index contributed by atoms with van der Waals surface area (Å²) in [5, 5.41) is 8.84. The number of methoxy groups -OCH3 is 2. The van der Waals surface area contributed by atoms with Crippen LogP contribution in [0.15, 0.2) is 24.3 Å². The molecule has 0 bridgehead atoms. The predicted molar refractivity (Wildman–Crippen MR) is 109 cm³/mol. The van der Waals surface area contributed by atoms with E-state index in [1.807, 2.05) is 12.1 Å². The number of carbonyl (C=O) groups is 2. The molecule has 1 aliphatic rings. The number of urea groups is 1. The Kier molecular flexibility index (Phi) is 6.37. The molecular formula is C19H24N4O4S. The maximum Gasteiger partial charge on any atom is 0.316 e. The van der Waals surface area contributed by atoms with Crippen LogP contribution in [0.1, 0.15) is 22.5 Å². The van der Waals surface area contributed by atoms with E-state index in [0.29, 0.717) is 22.1 Å². The van der Waals surface area contributed by atoms with Crippen LogP contribution in [0.25, 0.3) is 10.4 Å². The van der Waals surface area contributed by atoms with E-state index in [-0.39, 0.29) is 11.9 Å². The van der Waals surface area contributed by atoms with Gasteiger partial charge in [0.05, 0.1) is 19.9 Å². The molecule has 3 amide bonds. The standard InChI is InChI=1S/C19H24N4O4S/c1-26-14-6-5-11(8-15(14)27-2)16-9-13(23-19(20)25)17(28-16)18(24)22-12-4-3-7-21-10-12/h5-6,8-9,12,21H,3-4,7,10H2,1-2H3,(H,22,24)(H3,20,23,25)/t12-/m0/s1. The van der Waals surface area contributed by atoms with E-state index in [0.717, 1.165) is 36.4 Å². The van der Waals surface area contributed by atoms with Gasteiger partial charge < -0.3 is 31.2 Å². The summed E-state index contributed by atoms with van der Waals surface area (Å²) in [5.41, 5.74) is 6.52. The first-order valence-corrected chi connectivity index (χ1v) is 9.77. The molecule has 2 aromatic rings. The van der Waals surface area contributed by atoms with Crippen molar-refractivity contribution < 1.29 is 19.1 Å². The van der Waals surface area contributed by atoms with Crippen molar-refractivity contribution in [2.75, 3.05) is 32.6 Å². The highest BCUT2D eigenvalue weighted by Gasteiger charge is 2.22. The molecule has 1 aliphatic heterocycles. The zero-order valence-electron chi connectivity index (χ0n) is 15.8. The van der Waals surface area contributed by atoms with Gasteiger partial charge in [0.1, 0.15) is 4.88 Å². The summed E-state index contributed by atoms with van der Waals surface area (Å²) in [5.74, 6) is 0.965. The fourth-order valence-corrected chi connectivity index (χ4v) is 4.16. The average molecular weight is 404 g/mol. The number of anilines is 1. The number of hydrogen-bond donors (Lipinski definition) is 4. The summed E-state index contributed by atoms with van der Waals surface area (Å²) in [6, 6.07) is 6.58. The Balaban J connectivity index is 1.91. The third-order valence-corrected chi connectivity index (χ3v) is 5.68. The monoisotopic (exact) mass is 404 g/mol. The molecule has 1 fully saturated rings. The van der Waals surface area contributed by atoms with Crippen LogP contribution < -0.4 is 31.2 Å². The van der Waals surface area contributed by atoms with Gasteiger partial charge in [-0.3, -0.25) is 4.79 Å². The minimum atomic E-state index is -0.718. The van der Waals surface area contributed by atoms with Gasteiger partial charge in [-0.1, -0.05) is 0 Å². The van der Waals surface area contributed by atoms with Gasteiger partial charge in [-0.2, -0.15) is 0 Å². The van der Waals surface area contributed by atoms with Crippen LogP contribution in [0.5, 0.6) is 11.5 Å². The van der Waals surface area contributed by atoms with Crippen molar-refractivity contribution in [1.82, 2.24) is 10.6 Å². The van der Waals surface area contributed by atoms with Gasteiger partial charge in [-0.15, -0.1) is 11.3 Å². The van der Waals surface area contributed by atoms with Crippen LogP contribution in [-0.4, -0.2) is 45.3 Å². The van der Waals surface area contributed by atoms with E-state index in [2.05, 4.69) is 16.0 Å². The van der Waals surface area contributed by atoms with Crippen molar-refractivity contribution >= 4 is 29.0 Å². The maximum absolute atomic E-state index is 12.8. The number of amides is 3. The van der Waals surface area contributed by atoms with Crippen molar-refractivity contribution in [3.63, 3.8) is 0 Å². The summed E-state index contributed by atoms with van der Waals surface area (Å²) in [6.07, 6.45) is 1.93. The minimum Gasteiger partial charge on any atom is -0.493 e. The zero-order chi connectivity index (χ0) is 20.1. The number of carbonyl (C=O) groups excluding carboxylic acids is 2. The van der Waals surface area contributed by atoms with E-state index in [9.17, 15) is 9.59 Å². The molecule has 1 saturated heterocycles. The lowest BCUT2D eigenvalue weighted by molar-refractivity contribution is 0.0935. The summed E-state index contributed by atoms with van der Waals surface area (Å²) in [6.45, 7) is 1.70. The first-order valence-electron chi connectivity index (χ1n) is 8.96. The van der Waals surface area contributed by atoms with Crippen molar-refractivity contribution in [3.8, 4) is 21.9 Å². The highest BCUT2D eigenvalue weighted by Crippen LogP contribution is 2.38. The average Bonchev–Trinajstić information content (AvgIpc) is 3.11. The number of rotatable bonds is 6. The summed E-state index contributed by atoms with van der Waals surface area (Å²) >= 11 is 1.28. The maximum atomic E-state index is 12.8. The predicted octanol–water partition coefficient (Wildman–Crippen LogP) is 2.40. The number of benzene rings is 1. The van der Waals surface area contributed by atoms with Crippen LogP contribution >= 0.6 is 11.3 Å². The largest absolute Gasteiger partial charge is 0.493 e. The second-order valence-electron chi connectivity index (χ2n) is 6.43. The highest BCUT2D eigenvalue weighted by molar-refractivity contribution is 7.18. The molecule has 0 unspecified atom stereocenters. The molecule has 28 heavy (non-hydrogen) atoms. The topological polar surface area (TPSA) is 115 Å². The Bertz CT molecular complexity index is 862. The lowest BCUT2D eigenvalue weighted by Gasteiger charge is -2.23. The van der Waals surface area contributed by atoms with Gasteiger partial charge >= 0.3 is 6.03 Å². The van der Waals surface area contributed by atoms with E-state index in [1.54, 1.807) is 26.4 Å². The minimum absolute atomic E-state index is 0.0642. The Hall–Kier alpha value is -2.78. The summed E-state index contributed by atoms with van der Waals surface area (Å²) in [7, 11) is 3.13. The van der Waals surface area contributed by atoms with Gasteiger partial charge in [0.2, 0.25) is 0 Å². The molecule has 1 aromatic heterocycles. The fourth-order valence-electron chi connectivity index (χ4n) is 3.14. The van der Waals surface area contributed by atoms with Crippen molar-refractivity contribution in [2.45, 2.75) is 18.9 Å². The van der Waals surface area contributed by atoms with Crippen LogP contribution in [0.4, 0.5) is 10.5 Å². The molecule has 5 N–H and O–H groups in total. The number of nitrogens with two attached hydrogens (primary N) is 1. The Morgan fingerprint density at radius 1 is 1.21 bits per heavy atom. The molecule has 2 heterocycles. The van der Waals surface area contributed by atoms with Crippen molar-refractivity contribution in [1.29, 1.82) is 0 Å². The van der Waals surface area contributed by atoms with Crippen LogP contribution in [-0.2, 0) is 0 Å². The van der Waals surface area contributed by atoms with E-state index >= 15 is 0 Å². The molecule has 150 valence electrons. The van der Waals surface area contributed by atoms with E-state index in [4.69, 9.17) is 15.2 Å². The van der Waals surface area contributed by atoms with Crippen LogP contribution in [0.2, 0.25) is 0 Å². The Morgan fingerprint density at radius 3 is 2.64 bits per heavy atom. The summed E-state index contributed by atoms with van der Waals surface area (Å²) in [4.78, 5) is 25.4. The number of piperidine rings is 1. The van der Waals surface area contributed by atoms with E-state index in [1.165, 1.54) is 11.3 Å². The quantitative estimate of drug-likeness (QED) is 0.590. The lowest BCUT2D eigenvalue weighted by Crippen LogP contribution is -2.45. The Morgan fingerprint density at radius 2 is 2.00 bits per heavy atom. The Labute approximate surface area is 167 Å². The molecule has 1 aromatic carbocycles. The molecule has 0 aliphatic carbocycles. The highest BCUT2D eigenvalue weighted by atomic mass is 32.1. The molecule has 3 rings (SSSR count). The molecule has 1 atom stereocenters. The number of nitrogens with one attached hydrogen (secondary N) is 3.